The van der Waals surface area contributed by atoms with Gasteiger partial charge in [-0.1, -0.05) is 0 Å². The predicted octanol–water partition coefficient (Wildman–Crippen LogP) is -0.513. The van der Waals surface area contributed by atoms with Crippen LogP contribution in [-0.4, -0.2) is 122 Å². The first-order valence-corrected chi connectivity index (χ1v) is 10.2. The molecule has 3 saturated heterocycles. The molecule has 0 aromatic rings. The molecular weight excluding hydrogens is 348 g/mol. The Labute approximate surface area is 162 Å². The van der Waals surface area contributed by atoms with Crippen LogP contribution >= 0.6 is 0 Å². The van der Waals surface area contributed by atoms with Crippen LogP contribution in [0.3, 0.4) is 0 Å². The van der Waals surface area contributed by atoms with Gasteiger partial charge in [0.25, 0.3) is 0 Å². The third-order valence-electron chi connectivity index (χ3n) is 5.77. The van der Waals surface area contributed by atoms with Gasteiger partial charge >= 0.3 is 0 Å². The van der Waals surface area contributed by atoms with E-state index in [1.807, 2.05) is 30.6 Å². The molecule has 154 valence electrons. The Morgan fingerprint density at radius 1 is 0.926 bits per heavy atom. The van der Waals surface area contributed by atoms with Crippen LogP contribution in [0.4, 0.5) is 0 Å². The number of amides is 2. The predicted molar refractivity (Wildman–Crippen MR) is 101 cm³/mol. The van der Waals surface area contributed by atoms with Crippen molar-refractivity contribution in [1.29, 1.82) is 0 Å². The minimum Gasteiger partial charge on any atom is -0.379 e. The van der Waals surface area contributed by atoms with Crippen LogP contribution < -0.4 is 0 Å². The molecule has 0 aromatic carbocycles. The zero-order valence-electron chi connectivity index (χ0n) is 16.9. The Bertz CT molecular complexity index is 508. The van der Waals surface area contributed by atoms with Crippen LogP contribution in [0.1, 0.15) is 20.8 Å². The Hall–Kier alpha value is -1.22. The topological polar surface area (TPSA) is 65.6 Å². The van der Waals surface area contributed by atoms with Gasteiger partial charge in [-0.2, -0.15) is 0 Å². The molecule has 8 nitrogen and oxygen atoms in total. The van der Waals surface area contributed by atoms with Gasteiger partial charge in [-0.05, 0) is 20.8 Å². The van der Waals surface area contributed by atoms with E-state index in [0.29, 0.717) is 45.9 Å². The first-order valence-electron chi connectivity index (χ1n) is 10.2. The van der Waals surface area contributed by atoms with Crippen molar-refractivity contribution >= 4 is 11.8 Å². The summed E-state index contributed by atoms with van der Waals surface area (Å²) in [4.78, 5) is 33.6. The average Bonchev–Trinajstić information content (AvgIpc) is 2.67. The molecule has 27 heavy (non-hydrogen) atoms. The third-order valence-corrected chi connectivity index (χ3v) is 5.77. The zero-order chi connectivity index (χ0) is 19.4. The lowest BCUT2D eigenvalue weighted by Crippen LogP contribution is -2.58. The van der Waals surface area contributed by atoms with E-state index in [2.05, 4.69) is 9.80 Å². The summed E-state index contributed by atoms with van der Waals surface area (Å²) in [6, 6.07) is -0.154. The summed E-state index contributed by atoms with van der Waals surface area (Å²) in [6.45, 7) is 13.7. The molecule has 3 atom stereocenters. The van der Waals surface area contributed by atoms with E-state index in [4.69, 9.17) is 9.47 Å². The van der Waals surface area contributed by atoms with Gasteiger partial charge in [-0.15, -0.1) is 0 Å². The fourth-order valence-corrected chi connectivity index (χ4v) is 4.19. The molecule has 0 bridgehead atoms. The SMILES string of the molecule is CC1CN(C(=O)C(C)N2CCN(C(=O)CN3CCOCC3)CC2)CC(C)O1. The number of rotatable bonds is 4. The number of morpholine rings is 2. The highest BCUT2D eigenvalue weighted by Crippen LogP contribution is 2.15. The Morgan fingerprint density at radius 3 is 2.11 bits per heavy atom. The van der Waals surface area contributed by atoms with Crippen molar-refractivity contribution in [2.45, 2.75) is 39.0 Å². The molecular formula is C19H34N4O4. The minimum atomic E-state index is -0.154. The van der Waals surface area contributed by atoms with E-state index in [1.165, 1.54) is 0 Å². The van der Waals surface area contributed by atoms with E-state index in [0.717, 1.165) is 26.2 Å². The molecule has 3 rings (SSSR count). The lowest BCUT2D eigenvalue weighted by Gasteiger charge is -2.41. The highest BCUT2D eigenvalue weighted by atomic mass is 16.5. The largest absolute Gasteiger partial charge is 0.379 e. The van der Waals surface area contributed by atoms with Crippen LogP contribution in [-0.2, 0) is 19.1 Å². The van der Waals surface area contributed by atoms with E-state index in [9.17, 15) is 9.59 Å². The third kappa shape index (κ3) is 5.40. The minimum absolute atomic E-state index is 0.0829. The van der Waals surface area contributed by atoms with Crippen molar-refractivity contribution in [3.63, 3.8) is 0 Å². The number of nitrogens with zero attached hydrogens (tertiary/aromatic N) is 4. The number of piperazine rings is 1. The van der Waals surface area contributed by atoms with Crippen molar-refractivity contribution in [1.82, 2.24) is 19.6 Å². The molecule has 3 heterocycles. The summed E-state index contributed by atoms with van der Waals surface area (Å²) in [5.74, 6) is 0.358. The maximum Gasteiger partial charge on any atom is 0.239 e. The van der Waals surface area contributed by atoms with Crippen LogP contribution in [0.15, 0.2) is 0 Å². The monoisotopic (exact) mass is 382 g/mol. The number of carbonyl (C=O) groups excluding carboxylic acids is 2. The maximum atomic E-state index is 12.9. The van der Waals surface area contributed by atoms with Crippen LogP contribution in [0.2, 0.25) is 0 Å². The second-order valence-corrected chi connectivity index (χ2v) is 7.98. The van der Waals surface area contributed by atoms with E-state index >= 15 is 0 Å². The fourth-order valence-electron chi connectivity index (χ4n) is 4.19. The van der Waals surface area contributed by atoms with Crippen molar-refractivity contribution in [3.05, 3.63) is 0 Å². The van der Waals surface area contributed by atoms with Gasteiger partial charge in [0.1, 0.15) is 0 Å². The smallest absolute Gasteiger partial charge is 0.239 e. The van der Waals surface area contributed by atoms with E-state index < -0.39 is 0 Å². The Morgan fingerprint density at radius 2 is 1.52 bits per heavy atom. The first-order chi connectivity index (χ1) is 12.9. The molecule has 3 aliphatic heterocycles. The highest BCUT2D eigenvalue weighted by Gasteiger charge is 2.33. The summed E-state index contributed by atoms with van der Waals surface area (Å²) in [7, 11) is 0. The molecule has 3 aliphatic rings. The van der Waals surface area contributed by atoms with E-state index in [1.54, 1.807) is 0 Å². The van der Waals surface area contributed by atoms with Gasteiger partial charge in [-0.3, -0.25) is 19.4 Å². The maximum absolute atomic E-state index is 12.9. The van der Waals surface area contributed by atoms with Crippen LogP contribution in [0, 0.1) is 0 Å². The quantitative estimate of drug-likeness (QED) is 0.652. The van der Waals surface area contributed by atoms with Crippen molar-refractivity contribution in [3.8, 4) is 0 Å². The fraction of sp³-hybridized carbons (Fsp3) is 0.895. The summed E-state index contributed by atoms with van der Waals surface area (Å²) >= 11 is 0. The van der Waals surface area contributed by atoms with Gasteiger partial charge in [0.15, 0.2) is 0 Å². The number of hydrogen-bond donors (Lipinski definition) is 0. The van der Waals surface area contributed by atoms with Crippen molar-refractivity contribution in [2.24, 2.45) is 0 Å². The molecule has 0 aromatic heterocycles. The molecule has 0 radical (unpaired) electrons. The van der Waals surface area contributed by atoms with Gasteiger partial charge < -0.3 is 19.3 Å². The standard InChI is InChI=1S/C19H34N4O4/c1-15-12-23(13-16(2)27-15)19(25)17(3)21-4-6-22(7-5-21)18(24)14-20-8-10-26-11-9-20/h15-17H,4-14H2,1-3H3. The van der Waals surface area contributed by atoms with Gasteiger partial charge in [0.2, 0.25) is 11.8 Å². The summed E-state index contributed by atoms with van der Waals surface area (Å²) in [5.41, 5.74) is 0. The highest BCUT2D eigenvalue weighted by molar-refractivity contribution is 5.82. The molecule has 0 saturated carbocycles. The number of hydrogen-bond acceptors (Lipinski definition) is 6. The van der Waals surface area contributed by atoms with Gasteiger partial charge in [0, 0.05) is 52.4 Å². The van der Waals surface area contributed by atoms with Crippen LogP contribution in [0.25, 0.3) is 0 Å². The first kappa shape index (κ1) is 20.5. The zero-order valence-corrected chi connectivity index (χ0v) is 16.9. The molecule has 0 N–H and O–H groups in total. The van der Waals surface area contributed by atoms with Crippen molar-refractivity contribution < 1.29 is 19.1 Å². The van der Waals surface area contributed by atoms with Crippen LogP contribution in [0.5, 0.6) is 0 Å². The summed E-state index contributed by atoms with van der Waals surface area (Å²) < 4.78 is 11.1. The summed E-state index contributed by atoms with van der Waals surface area (Å²) in [5, 5.41) is 0. The Balaban J connectivity index is 1.45. The molecule has 8 heteroatoms. The van der Waals surface area contributed by atoms with Crippen molar-refractivity contribution in [2.75, 3.05) is 72.1 Å². The molecule has 3 unspecified atom stereocenters. The van der Waals surface area contributed by atoms with Gasteiger partial charge in [-0.25, -0.2) is 0 Å². The molecule has 2 amide bonds. The second-order valence-electron chi connectivity index (χ2n) is 7.98. The van der Waals surface area contributed by atoms with Gasteiger partial charge in [0.05, 0.1) is 38.0 Å². The summed E-state index contributed by atoms with van der Waals surface area (Å²) in [6.07, 6.45) is 0.166. The Kier molecular flexibility index (Phi) is 7.08. The number of ether oxygens (including phenoxy) is 2. The second kappa shape index (κ2) is 9.32. The lowest BCUT2D eigenvalue weighted by molar-refractivity contribution is -0.149. The average molecular weight is 383 g/mol. The molecule has 0 spiro atoms. The lowest BCUT2D eigenvalue weighted by atomic mass is 10.1. The normalized spacial score (nSPS) is 29.6. The molecule has 0 aliphatic carbocycles. The molecule has 3 fully saturated rings. The number of carbonyl (C=O) groups is 2. The van der Waals surface area contributed by atoms with E-state index in [-0.39, 0.29) is 30.1 Å².